The van der Waals surface area contributed by atoms with Crippen molar-refractivity contribution in [3.63, 3.8) is 0 Å². The number of nitrogens with two attached hydrogens (primary N) is 1. The molecule has 0 aromatic carbocycles. The summed E-state index contributed by atoms with van der Waals surface area (Å²) in [5.74, 6) is -2.76. The number of halogens is 3. The molecule has 0 amide bonds. The van der Waals surface area contributed by atoms with Crippen molar-refractivity contribution < 1.29 is 31.5 Å². The van der Waals surface area contributed by atoms with E-state index < -0.39 is 22.4 Å². The zero-order valence-corrected chi connectivity index (χ0v) is 11.5. The maximum Gasteiger partial charge on any atom is 0.490 e. The van der Waals surface area contributed by atoms with Gasteiger partial charge in [0, 0.05) is 26.2 Å². The second-order valence-corrected chi connectivity index (χ2v) is 6.64. The Balaban J connectivity index is 0.000000246. The third-order valence-corrected chi connectivity index (χ3v) is 4.60. The van der Waals surface area contributed by atoms with E-state index in [4.69, 9.17) is 15.0 Å². The smallest absolute Gasteiger partial charge is 0.475 e. The first-order chi connectivity index (χ1) is 8.87. The summed E-state index contributed by atoms with van der Waals surface area (Å²) in [5, 5.41) is 15.3. The molecule has 0 unspecified atom stereocenters. The van der Waals surface area contributed by atoms with E-state index in [1.54, 1.807) is 7.05 Å². The lowest BCUT2D eigenvalue weighted by Gasteiger charge is -2.55. The molecule has 118 valence electrons. The van der Waals surface area contributed by atoms with Crippen LogP contribution in [-0.2, 0) is 15.0 Å². The minimum absolute atomic E-state index is 0.122. The molecule has 0 aromatic rings. The number of aliphatic carboxylic acids is 1. The van der Waals surface area contributed by atoms with Gasteiger partial charge in [0.1, 0.15) is 0 Å². The van der Waals surface area contributed by atoms with E-state index >= 15 is 0 Å². The van der Waals surface area contributed by atoms with Gasteiger partial charge in [0.05, 0.1) is 0 Å². The number of carboxylic acid groups (broad SMARTS) is 1. The molecular formula is C9H16F3N3O4S. The number of nitrogens with one attached hydrogen (secondary N) is 1. The molecule has 2 rings (SSSR count). The first-order valence-electron chi connectivity index (χ1n) is 5.64. The molecular weight excluding hydrogens is 303 g/mol. The van der Waals surface area contributed by atoms with E-state index in [9.17, 15) is 21.6 Å². The van der Waals surface area contributed by atoms with Gasteiger partial charge in [0.25, 0.3) is 10.2 Å². The van der Waals surface area contributed by atoms with E-state index in [1.807, 2.05) is 0 Å². The molecule has 2 aliphatic rings. The lowest BCUT2D eigenvalue weighted by Crippen LogP contribution is -2.65. The Morgan fingerprint density at radius 3 is 2.00 bits per heavy atom. The summed E-state index contributed by atoms with van der Waals surface area (Å²) < 4.78 is 55.0. The highest BCUT2D eigenvalue weighted by Gasteiger charge is 2.51. The van der Waals surface area contributed by atoms with Crippen LogP contribution in [0.25, 0.3) is 0 Å². The molecule has 1 spiro atoms. The van der Waals surface area contributed by atoms with Gasteiger partial charge in [-0.25, -0.2) is 9.93 Å². The molecule has 11 heteroatoms. The third kappa shape index (κ3) is 4.04. The van der Waals surface area contributed by atoms with Gasteiger partial charge in [-0.3, -0.25) is 0 Å². The normalized spacial score (nSPS) is 21.7. The molecule has 1 saturated heterocycles. The molecule has 1 aliphatic carbocycles. The van der Waals surface area contributed by atoms with Gasteiger partial charge in [-0.2, -0.15) is 25.9 Å². The Hall–Kier alpha value is -0.910. The van der Waals surface area contributed by atoms with Crippen molar-refractivity contribution in [1.82, 2.24) is 9.62 Å². The van der Waals surface area contributed by atoms with Crippen molar-refractivity contribution in [2.75, 3.05) is 20.1 Å². The minimum Gasteiger partial charge on any atom is -0.475 e. The van der Waals surface area contributed by atoms with Crippen molar-refractivity contribution in [2.24, 2.45) is 10.6 Å². The lowest BCUT2D eigenvalue weighted by molar-refractivity contribution is -0.192. The van der Waals surface area contributed by atoms with Crippen LogP contribution in [0.3, 0.4) is 0 Å². The van der Waals surface area contributed by atoms with Gasteiger partial charge in [-0.05, 0) is 18.3 Å². The van der Waals surface area contributed by atoms with Crippen molar-refractivity contribution in [3.8, 4) is 0 Å². The molecule has 2 fully saturated rings. The summed E-state index contributed by atoms with van der Waals surface area (Å²) in [6, 6.07) is 0.122. The number of carboxylic acids is 1. The maximum absolute atomic E-state index is 11.0. The van der Waals surface area contributed by atoms with Crippen LogP contribution in [0.2, 0.25) is 0 Å². The Labute approximate surface area is 114 Å². The second kappa shape index (κ2) is 5.47. The van der Waals surface area contributed by atoms with Gasteiger partial charge >= 0.3 is 12.1 Å². The highest BCUT2D eigenvalue weighted by atomic mass is 32.2. The molecule has 1 saturated carbocycles. The van der Waals surface area contributed by atoms with Crippen LogP contribution in [-0.4, -0.2) is 56.2 Å². The Morgan fingerprint density at radius 1 is 1.40 bits per heavy atom. The summed E-state index contributed by atoms with van der Waals surface area (Å²) in [5.41, 5.74) is 0.392. The van der Waals surface area contributed by atoms with Crippen LogP contribution in [0.1, 0.15) is 12.8 Å². The quantitative estimate of drug-likeness (QED) is 0.635. The minimum atomic E-state index is -5.08. The van der Waals surface area contributed by atoms with Crippen LogP contribution >= 0.6 is 0 Å². The Bertz CT molecular complexity index is 467. The highest BCUT2D eigenvalue weighted by molar-refractivity contribution is 7.86. The molecule has 1 aliphatic heterocycles. The van der Waals surface area contributed by atoms with E-state index in [0.717, 1.165) is 25.9 Å². The van der Waals surface area contributed by atoms with Gasteiger partial charge < -0.3 is 10.4 Å². The zero-order chi connectivity index (χ0) is 15.8. The van der Waals surface area contributed by atoms with Gasteiger partial charge in [0.2, 0.25) is 0 Å². The van der Waals surface area contributed by atoms with Crippen LogP contribution in [0, 0.1) is 5.41 Å². The predicted molar refractivity (Wildman–Crippen MR) is 62.9 cm³/mol. The van der Waals surface area contributed by atoms with Crippen LogP contribution in [0.4, 0.5) is 13.2 Å². The summed E-state index contributed by atoms with van der Waals surface area (Å²) in [7, 11) is -1.93. The first kappa shape index (κ1) is 17.1. The predicted octanol–water partition coefficient (Wildman–Crippen LogP) is -0.493. The van der Waals surface area contributed by atoms with Crippen LogP contribution in [0.5, 0.6) is 0 Å². The summed E-state index contributed by atoms with van der Waals surface area (Å²) >= 11 is 0. The van der Waals surface area contributed by atoms with Crippen molar-refractivity contribution in [3.05, 3.63) is 0 Å². The van der Waals surface area contributed by atoms with Gasteiger partial charge in [-0.15, -0.1) is 0 Å². The molecule has 0 atom stereocenters. The lowest BCUT2D eigenvalue weighted by atomic mass is 9.62. The van der Waals surface area contributed by atoms with Crippen molar-refractivity contribution in [2.45, 2.75) is 25.1 Å². The van der Waals surface area contributed by atoms with Gasteiger partial charge in [-0.1, -0.05) is 0 Å². The fraction of sp³-hybridized carbons (Fsp3) is 0.889. The van der Waals surface area contributed by atoms with E-state index in [0.29, 0.717) is 5.41 Å². The van der Waals surface area contributed by atoms with Crippen molar-refractivity contribution >= 4 is 16.2 Å². The molecule has 0 aromatic heterocycles. The fourth-order valence-corrected chi connectivity index (χ4v) is 2.74. The second-order valence-electron chi connectivity index (χ2n) is 5.03. The van der Waals surface area contributed by atoms with Crippen molar-refractivity contribution in [1.29, 1.82) is 0 Å². The highest BCUT2D eigenvalue weighted by Crippen LogP contribution is 2.46. The summed E-state index contributed by atoms with van der Waals surface area (Å²) in [4.78, 5) is 8.90. The molecule has 0 radical (unpaired) electrons. The van der Waals surface area contributed by atoms with E-state index in [-0.39, 0.29) is 6.04 Å². The molecule has 4 N–H and O–H groups in total. The standard InChI is InChI=1S/C7H15N3O2S.C2HF3O2/c1-10(13(8,11)12)6-2-7(3-6)4-9-5-7;3-2(4,5)1(6)7/h6,9H,2-5H2,1H3,(H2,8,11,12);(H,6,7). The number of nitrogens with zero attached hydrogens (tertiary/aromatic N) is 1. The van der Waals surface area contributed by atoms with Crippen LogP contribution in [0.15, 0.2) is 0 Å². The maximum atomic E-state index is 11.0. The average molecular weight is 319 g/mol. The summed E-state index contributed by atoms with van der Waals surface area (Å²) in [6.07, 6.45) is -3.18. The third-order valence-electron chi connectivity index (χ3n) is 3.50. The topological polar surface area (TPSA) is 113 Å². The van der Waals surface area contributed by atoms with Crippen LogP contribution < -0.4 is 10.5 Å². The van der Waals surface area contributed by atoms with Gasteiger partial charge in [0.15, 0.2) is 0 Å². The fourth-order valence-electron chi connectivity index (χ4n) is 2.17. The monoisotopic (exact) mass is 319 g/mol. The first-order valence-corrected chi connectivity index (χ1v) is 7.14. The Kier molecular flexibility index (Phi) is 4.69. The zero-order valence-electron chi connectivity index (χ0n) is 10.6. The molecule has 7 nitrogen and oxygen atoms in total. The largest absolute Gasteiger partial charge is 0.490 e. The molecule has 20 heavy (non-hydrogen) atoms. The summed E-state index contributed by atoms with van der Waals surface area (Å²) in [6.45, 7) is 2.06. The average Bonchev–Trinajstić information content (AvgIpc) is 2.10. The number of carbonyl (C=O) groups is 1. The van der Waals surface area contributed by atoms with E-state index in [2.05, 4.69) is 5.32 Å². The number of hydrogen-bond acceptors (Lipinski definition) is 4. The number of rotatable bonds is 2. The Morgan fingerprint density at radius 2 is 1.80 bits per heavy atom. The SMILES string of the molecule is CN(C1CC2(CNC2)C1)S(N)(=O)=O.O=C(O)C(F)(F)F. The molecule has 1 heterocycles. The van der Waals surface area contributed by atoms with E-state index in [1.165, 1.54) is 4.31 Å². The number of hydrogen-bond donors (Lipinski definition) is 3. The molecule has 0 bridgehead atoms. The number of alkyl halides is 3.